The summed E-state index contributed by atoms with van der Waals surface area (Å²) >= 11 is 0. The van der Waals surface area contributed by atoms with Crippen LogP contribution in [0.4, 0.5) is 0 Å². The SMILES string of the molecule is C1CCN(C2COCCN2N2CCCCCC2)CC1. The lowest BCUT2D eigenvalue weighted by Gasteiger charge is -2.48. The average molecular weight is 267 g/mol. The monoisotopic (exact) mass is 267 g/mol. The molecule has 110 valence electrons. The zero-order valence-corrected chi connectivity index (χ0v) is 12.2. The van der Waals surface area contributed by atoms with Crippen LogP contribution in [0.3, 0.4) is 0 Å². The third-order valence-electron chi connectivity index (χ3n) is 4.83. The van der Waals surface area contributed by atoms with Gasteiger partial charge in [-0.05, 0) is 38.8 Å². The minimum absolute atomic E-state index is 0.507. The minimum Gasteiger partial charge on any atom is -0.377 e. The number of hydrogen-bond donors (Lipinski definition) is 0. The molecule has 3 fully saturated rings. The summed E-state index contributed by atoms with van der Waals surface area (Å²) in [6.07, 6.45) is 10.2. The maximum atomic E-state index is 5.78. The lowest BCUT2D eigenvalue weighted by Crippen LogP contribution is -2.62. The van der Waals surface area contributed by atoms with Crippen LogP contribution in [-0.2, 0) is 4.74 Å². The van der Waals surface area contributed by atoms with E-state index in [0.717, 1.165) is 19.8 Å². The number of hydrogen-bond acceptors (Lipinski definition) is 4. The third kappa shape index (κ3) is 3.48. The zero-order chi connectivity index (χ0) is 12.9. The van der Waals surface area contributed by atoms with Gasteiger partial charge in [0.2, 0.25) is 0 Å². The van der Waals surface area contributed by atoms with Gasteiger partial charge in [0.15, 0.2) is 0 Å². The van der Waals surface area contributed by atoms with Crippen molar-refractivity contribution in [3.05, 3.63) is 0 Å². The predicted octanol–water partition coefficient (Wildman–Crippen LogP) is 1.92. The first kappa shape index (κ1) is 13.8. The molecule has 3 heterocycles. The molecule has 4 nitrogen and oxygen atoms in total. The highest BCUT2D eigenvalue weighted by Gasteiger charge is 2.33. The zero-order valence-electron chi connectivity index (χ0n) is 12.2. The predicted molar refractivity (Wildman–Crippen MR) is 76.8 cm³/mol. The van der Waals surface area contributed by atoms with Crippen LogP contribution in [0.1, 0.15) is 44.9 Å². The van der Waals surface area contributed by atoms with Crippen molar-refractivity contribution in [3.8, 4) is 0 Å². The highest BCUT2D eigenvalue weighted by molar-refractivity contribution is 4.79. The van der Waals surface area contributed by atoms with E-state index in [1.165, 1.54) is 71.1 Å². The fourth-order valence-electron chi connectivity index (χ4n) is 3.73. The Labute approximate surface area is 117 Å². The van der Waals surface area contributed by atoms with Gasteiger partial charge in [-0.1, -0.05) is 19.3 Å². The second-order valence-electron chi connectivity index (χ2n) is 6.18. The minimum atomic E-state index is 0.507. The summed E-state index contributed by atoms with van der Waals surface area (Å²) in [5.41, 5.74) is 0. The van der Waals surface area contributed by atoms with Gasteiger partial charge in [-0.15, -0.1) is 0 Å². The Hall–Kier alpha value is -0.160. The van der Waals surface area contributed by atoms with E-state index in [2.05, 4.69) is 14.9 Å². The molecule has 0 spiro atoms. The molecule has 3 aliphatic heterocycles. The van der Waals surface area contributed by atoms with Crippen LogP contribution in [0.5, 0.6) is 0 Å². The summed E-state index contributed by atoms with van der Waals surface area (Å²) in [7, 11) is 0. The Morgan fingerprint density at radius 1 is 0.684 bits per heavy atom. The molecular weight excluding hydrogens is 238 g/mol. The fourth-order valence-corrected chi connectivity index (χ4v) is 3.73. The summed E-state index contributed by atoms with van der Waals surface area (Å²) in [5, 5.41) is 5.27. The Morgan fingerprint density at radius 3 is 2.05 bits per heavy atom. The molecule has 19 heavy (non-hydrogen) atoms. The van der Waals surface area contributed by atoms with Gasteiger partial charge < -0.3 is 4.74 Å². The van der Waals surface area contributed by atoms with E-state index in [1.54, 1.807) is 0 Å². The molecule has 0 saturated carbocycles. The van der Waals surface area contributed by atoms with Gasteiger partial charge in [-0.3, -0.25) is 4.90 Å². The molecule has 0 aliphatic carbocycles. The molecular formula is C15H29N3O. The molecule has 3 rings (SSSR count). The van der Waals surface area contributed by atoms with Crippen molar-refractivity contribution >= 4 is 0 Å². The number of piperidine rings is 1. The average Bonchev–Trinajstić information content (AvgIpc) is 2.77. The Bertz CT molecular complexity index is 260. The van der Waals surface area contributed by atoms with Crippen molar-refractivity contribution in [1.29, 1.82) is 0 Å². The Balaban J connectivity index is 1.65. The molecule has 1 unspecified atom stereocenters. The van der Waals surface area contributed by atoms with Crippen LogP contribution >= 0.6 is 0 Å². The van der Waals surface area contributed by atoms with E-state index in [4.69, 9.17) is 4.74 Å². The second kappa shape index (κ2) is 7.02. The van der Waals surface area contributed by atoms with Crippen LogP contribution in [0.2, 0.25) is 0 Å². The van der Waals surface area contributed by atoms with Gasteiger partial charge in [-0.25, -0.2) is 10.0 Å². The van der Waals surface area contributed by atoms with Crippen molar-refractivity contribution in [2.45, 2.75) is 51.1 Å². The first-order chi connectivity index (χ1) is 9.45. The van der Waals surface area contributed by atoms with Gasteiger partial charge in [-0.2, -0.15) is 0 Å². The van der Waals surface area contributed by atoms with Crippen molar-refractivity contribution < 1.29 is 4.74 Å². The molecule has 0 bridgehead atoms. The van der Waals surface area contributed by atoms with Gasteiger partial charge in [0, 0.05) is 19.6 Å². The molecule has 3 aliphatic rings. The van der Waals surface area contributed by atoms with Crippen LogP contribution in [0, 0.1) is 0 Å². The second-order valence-corrected chi connectivity index (χ2v) is 6.18. The molecule has 0 aromatic heterocycles. The van der Waals surface area contributed by atoms with Gasteiger partial charge in [0.05, 0.1) is 19.4 Å². The molecule has 0 radical (unpaired) electrons. The smallest absolute Gasteiger partial charge is 0.0998 e. The summed E-state index contributed by atoms with van der Waals surface area (Å²) in [5.74, 6) is 0. The van der Waals surface area contributed by atoms with Gasteiger partial charge >= 0.3 is 0 Å². The first-order valence-electron chi connectivity index (χ1n) is 8.28. The molecule has 3 saturated heterocycles. The largest absolute Gasteiger partial charge is 0.377 e. The highest BCUT2D eigenvalue weighted by Crippen LogP contribution is 2.21. The molecule has 0 amide bonds. The first-order valence-corrected chi connectivity index (χ1v) is 8.28. The Morgan fingerprint density at radius 2 is 1.32 bits per heavy atom. The number of morpholine rings is 1. The quantitative estimate of drug-likeness (QED) is 0.761. The molecule has 1 atom stereocenters. The van der Waals surface area contributed by atoms with Crippen molar-refractivity contribution in [3.63, 3.8) is 0 Å². The molecule has 0 N–H and O–H groups in total. The maximum absolute atomic E-state index is 5.78. The standard InChI is InChI=1S/C15H29N3O/c1-2-7-11-17(10-6-1)18-12-13-19-14-15(18)16-8-4-3-5-9-16/h15H,1-14H2. The highest BCUT2D eigenvalue weighted by atomic mass is 16.5. The maximum Gasteiger partial charge on any atom is 0.0998 e. The van der Waals surface area contributed by atoms with E-state index in [9.17, 15) is 0 Å². The van der Waals surface area contributed by atoms with Crippen LogP contribution in [0.25, 0.3) is 0 Å². The number of nitrogens with zero attached hydrogens (tertiary/aromatic N) is 3. The number of rotatable bonds is 2. The van der Waals surface area contributed by atoms with Crippen molar-refractivity contribution in [2.24, 2.45) is 0 Å². The van der Waals surface area contributed by atoms with Gasteiger partial charge in [0.1, 0.15) is 0 Å². The molecule has 0 aromatic rings. The van der Waals surface area contributed by atoms with Crippen molar-refractivity contribution in [2.75, 3.05) is 45.9 Å². The van der Waals surface area contributed by atoms with E-state index in [0.29, 0.717) is 6.17 Å². The van der Waals surface area contributed by atoms with E-state index < -0.39 is 0 Å². The summed E-state index contributed by atoms with van der Waals surface area (Å²) in [4.78, 5) is 2.66. The lowest BCUT2D eigenvalue weighted by atomic mass is 10.1. The van der Waals surface area contributed by atoms with E-state index in [1.807, 2.05) is 0 Å². The van der Waals surface area contributed by atoms with E-state index in [-0.39, 0.29) is 0 Å². The van der Waals surface area contributed by atoms with Crippen molar-refractivity contribution in [1.82, 2.24) is 14.9 Å². The third-order valence-corrected chi connectivity index (χ3v) is 4.83. The topological polar surface area (TPSA) is 19.0 Å². The number of hydrazine groups is 1. The summed E-state index contributed by atoms with van der Waals surface area (Å²) in [6.45, 7) is 7.92. The summed E-state index contributed by atoms with van der Waals surface area (Å²) < 4.78 is 5.78. The normalized spacial score (nSPS) is 33.2. The summed E-state index contributed by atoms with van der Waals surface area (Å²) in [6, 6.07) is 0. The number of ether oxygens (including phenoxy) is 1. The number of likely N-dealkylation sites (tertiary alicyclic amines) is 1. The van der Waals surface area contributed by atoms with Crippen LogP contribution in [0.15, 0.2) is 0 Å². The fraction of sp³-hybridized carbons (Fsp3) is 1.00. The van der Waals surface area contributed by atoms with Gasteiger partial charge in [0.25, 0.3) is 0 Å². The Kier molecular flexibility index (Phi) is 5.10. The van der Waals surface area contributed by atoms with Crippen LogP contribution < -0.4 is 0 Å². The van der Waals surface area contributed by atoms with Crippen LogP contribution in [-0.4, -0.2) is 67.0 Å². The molecule has 4 heteroatoms. The lowest BCUT2D eigenvalue weighted by molar-refractivity contribution is -0.176. The van der Waals surface area contributed by atoms with E-state index >= 15 is 0 Å². The molecule has 0 aromatic carbocycles.